The highest BCUT2D eigenvalue weighted by molar-refractivity contribution is 6.32. The third-order valence-electron chi connectivity index (χ3n) is 3.94. The number of halogens is 1. The predicted octanol–water partition coefficient (Wildman–Crippen LogP) is 3.90. The number of aliphatic hydroxyl groups excluding tert-OH is 1. The first kappa shape index (κ1) is 16.8. The standard InChI is InChI=1S/C18H22ClNO2/c1-13(18(21)15-7-5-4-6-8-15)20(2)12-14-9-10-17(22-3)16(19)11-14/h4-11,13,18,21H,12H2,1-3H3. The van der Waals surface area contributed by atoms with Gasteiger partial charge in [-0.15, -0.1) is 0 Å². The second kappa shape index (κ2) is 7.63. The maximum atomic E-state index is 10.5. The van der Waals surface area contributed by atoms with E-state index in [0.29, 0.717) is 17.3 Å². The van der Waals surface area contributed by atoms with Gasteiger partial charge in [-0.25, -0.2) is 0 Å². The molecule has 0 aromatic heterocycles. The lowest BCUT2D eigenvalue weighted by Crippen LogP contribution is -2.33. The Morgan fingerprint density at radius 3 is 2.45 bits per heavy atom. The van der Waals surface area contributed by atoms with Gasteiger partial charge in [-0.1, -0.05) is 48.0 Å². The van der Waals surface area contributed by atoms with Crippen molar-refractivity contribution in [1.82, 2.24) is 4.90 Å². The minimum absolute atomic E-state index is 0.0109. The first-order chi connectivity index (χ1) is 10.5. The molecule has 2 unspecified atom stereocenters. The van der Waals surface area contributed by atoms with Crippen LogP contribution in [-0.4, -0.2) is 30.2 Å². The van der Waals surface area contributed by atoms with E-state index in [-0.39, 0.29) is 6.04 Å². The van der Waals surface area contributed by atoms with Crippen molar-refractivity contribution in [2.75, 3.05) is 14.2 Å². The molecule has 0 heterocycles. The van der Waals surface area contributed by atoms with E-state index in [0.717, 1.165) is 11.1 Å². The van der Waals surface area contributed by atoms with E-state index in [4.69, 9.17) is 16.3 Å². The number of aliphatic hydroxyl groups is 1. The van der Waals surface area contributed by atoms with Crippen molar-refractivity contribution < 1.29 is 9.84 Å². The molecule has 2 rings (SSSR count). The minimum Gasteiger partial charge on any atom is -0.495 e. The van der Waals surface area contributed by atoms with E-state index in [1.165, 1.54) is 0 Å². The van der Waals surface area contributed by atoms with Crippen LogP contribution in [0.15, 0.2) is 48.5 Å². The minimum atomic E-state index is -0.528. The Kier molecular flexibility index (Phi) is 5.83. The van der Waals surface area contributed by atoms with Crippen molar-refractivity contribution in [2.45, 2.75) is 25.6 Å². The summed E-state index contributed by atoms with van der Waals surface area (Å²) in [5.41, 5.74) is 2.01. The lowest BCUT2D eigenvalue weighted by Gasteiger charge is -2.29. The van der Waals surface area contributed by atoms with Crippen LogP contribution in [0.3, 0.4) is 0 Å². The first-order valence-corrected chi connectivity index (χ1v) is 7.66. The Balaban J connectivity index is 2.05. The van der Waals surface area contributed by atoms with Gasteiger partial charge in [0.2, 0.25) is 0 Å². The maximum absolute atomic E-state index is 10.5. The second-order valence-electron chi connectivity index (χ2n) is 5.48. The predicted molar refractivity (Wildman–Crippen MR) is 90.3 cm³/mol. The van der Waals surface area contributed by atoms with Crippen molar-refractivity contribution in [2.24, 2.45) is 0 Å². The number of benzene rings is 2. The number of nitrogens with zero attached hydrogens (tertiary/aromatic N) is 1. The van der Waals surface area contributed by atoms with Gasteiger partial charge in [-0.2, -0.15) is 0 Å². The zero-order valence-corrected chi connectivity index (χ0v) is 13.9. The molecule has 3 nitrogen and oxygen atoms in total. The Morgan fingerprint density at radius 2 is 1.86 bits per heavy atom. The molecular formula is C18H22ClNO2. The number of methoxy groups -OCH3 is 1. The van der Waals surface area contributed by atoms with Crippen LogP contribution >= 0.6 is 11.6 Å². The molecular weight excluding hydrogens is 298 g/mol. The van der Waals surface area contributed by atoms with E-state index in [1.54, 1.807) is 7.11 Å². The maximum Gasteiger partial charge on any atom is 0.137 e. The number of ether oxygens (including phenoxy) is 1. The van der Waals surface area contributed by atoms with Crippen LogP contribution in [-0.2, 0) is 6.54 Å². The summed E-state index contributed by atoms with van der Waals surface area (Å²) in [7, 11) is 3.60. The van der Waals surface area contributed by atoms with Gasteiger partial charge in [0.1, 0.15) is 5.75 Å². The molecule has 0 aliphatic carbocycles. The molecule has 0 spiro atoms. The largest absolute Gasteiger partial charge is 0.495 e. The van der Waals surface area contributed by atoms with Gasteiger partial charge in [-0.3, -0.25) is 4.90 Å². The Hall–Kier alpha value is -1.55. The van der Waals surface area contributed by atoms with Crippen LogP contribution in [0.4, 0.5) is 0 Å². The summed E-state index contributed by atoms with van der Waals surface area (Å²) < 4.78 is 5.16. The van der Waals surface area contributed by atoms with Crippen LogP contribution < -0.4 is 4.74 Å². The highest BCUT2D eigenvalue weighted by Gasteiger charge is 2.20. The van der Waals surface area contributed by atoms with Gasteiger partial charge in [0.25, 0.3) is 0 Å². The zero-order chi connectivity index (χ0) is 16.1. The highest BCUT2D eigenvalue weighted by Crippen LogP contribution is 2.26. The first-order valence-electron chi connectivity index (χ1n) is 7.28. The lowest BCUT2D eigenvalue weighted by molar-refractivity contribution is 0.0688. The van der Waals surface area contributed by atoms with Crippen molar-refractivity contribution in [1.29, 1.82) is 0 Å². The smallest absolute Gasteiger partial charge is 0.137 e. The van der Waals surface area contributed by atoms with E-state index >= 15 is 0 Å². The molecule has 0 saturated carbocycles. The van der Waals surface area contributed by atoms with E-state index in [9.17, 15) is 5.11 Å². The Morgan fingerprint density at radius 1 is 1.18 bits per heavy atom. The fourth-order valence-electron chi connectivity index (χ4n) is 2.41. The fourth-order valence-corrected chi connectivity index (χ4v) is 2.69. The molecule has 2 aromatic rings. The highest BCUT2D eigenvalue weighted by atomic mass is 35.5. The van der Waals surface area contributed by atoms with Crippen LogP contribution in [0.2, 0.25) is 5.02 Å². The molecule has 0 saturated heterocycles. The summed E-state index contributed by atoms with van der Waals surface area (Å²) >= 11 is 6.16. The molecule has 2 aromatic carbocycles. The van der Waals surface area contributed by atoms with Gasteiger partial charge in [0.15, 0.2) is 0 Å². The van der Waals surface area contributed by atoms with Gasteiger partial charge in [0.05, 0.1) is 18.2 Å². The molecule has 0 aliphatic heterocycles. The summed E-state index contributed by atoms with van der Waals surface area (Å²) in [6, 6.07) is 15.5. The fraction of sp³-hybridized carbons (Fsp3) is 0.333. The Labute approximate surface area is 137 Å². The third kappa shape index (κ3) is 4.01. The number of rotatable bonds is 6. The van der Waals surface area contributed by atoms with Gasteiger partial charge < -0.3 is 9.84 Å². The quantitative estimate of drug-likeness (QED) is 0.876. The van der Waals surface area contributed by atoms with Crippen molar-refractivity contribution in [3.8, 4) is 5.75 Å². The normalized spacial score (nSPS) is 13.9. The van der Waals surface area contributed by atoms with Crippen LogP contribution in [0, 0.1) is 0 Å². The zero-order valence-electron chi connectivity index (χ0n) is 13.2. The summed E-state index contributed by atoms with van der Waals surface area (Å²) in [5.74, 6) is 0.672. The lowest BCUT2D eigenvalue weighted by atomic mass is 10.0. The summed E-state index contributed by atoms with van der Waals surface area (Å²) in [6.45, 7) is 2.72. The van der Waals surface area contributed by atoms with Crippen molar-refractivity contribution >= 4 is 11.6 Å². The van der Waals surface area contributed by atoms with Gasteiger partial charge in [-0.05, 0) is 37.2 Å². The molecule has 22 heavy (non-hydrogen) atoms. The molecule has 1 N–H and O–H groups in total. The summed E-state index contributed by atoms with van der Waals surface area (Å²) in [4.78, 5) is 2.11. The van der Waals surface area contributed by atoms with Crippen molar-refractivity contribution in [3.63, 3.8) is 0 Å². The second-order valence-corrected chi connectivity index (χ2v) is 5.89. The molecule has 118 valence electrons. The monoisotopic (exact) mass is 319 g/mol. The van der Waals surface area contributed by atoms with Gasteiger partial charge in [0, 0.05) is 12.6 Å². The molecule has 0 amide bonds. The Bertz CT molecular complexity index is 603. The van der Waals surface area contributed by atoms with Crippen LogP contribution in [0.1, 0.15) is 24.2 Å². The van der Waals surface area contributed by atoms with E-state index in [2.05, 4.69) is 4.90 Å². The van der Waals surface area contributed by atoms with E-state index < -0.39 is 6.10 Å². The van der Waals surface area contributed by atoms with Gasteiger partial charge >= 0.3 is 0 Å². The third-order valence-corrected chi connectivity index (χ3v) is 4.24. The van der Waals surface area contributed by atoms with Crippen molar-refractivity contribution in [3.05, 3.63) is 64.7 Å². The molecule has 0 fully saturated rings. The summed E-state index contributed by atoms with van der Waals surface area (Å²) in [5, 5.41) is 11.1. The topological polar surface area (TPSA) is 32.7 Å². The number of hydrogen-bond donors (Lipinski definition) is 1. The molecule has 0 bridgehead atoms. The average Bonchev–Trinajstić information content (AvgIpc) is 2.54. The molecule has 0 radical (unpaired) electrons. The average molecular weight is 320 g/mol. The van der Waals surface area contributed by atoms with Crippen LogP contribution in [0.5, 0.6) is 5.75 Å². The SMILES string of the molecule is COc1ccc(CN(C)C(C)C(O)c2ccccc2)cc1Cl. The molecule has 0 aliphatic rings. The van der Waals surface area contributed by atoms with Crippen LogP contribution in [0.25, 0.3) is 0 Å². The molecule has 4 heteroatoms. The number of hydrogen-bond acceptors (Lipinski definition) is 3. The number of likely N-dealkylation sites (N-methyl/N-ethyl adjacent to an activating group) is 1. The van der Waals surface area contributed by atoms with E-state index in [1.807, 2.05) is 62.5 Å². The molecule has 2 atom stereocenters. The summed E-state index contributed by atoms with van der Waals surface area (Å²) in [6.07, 6.45) is -0.528.